The summed E-state index contributed by atoms with van der Waals surface area (Å²) in [6.45, 7) is 0. The van der Waals surface area contributed by atoms with Crippen molar-refractivity contribution in [2.75, 3.05) is 10.6 Å². The third-order valence-electron chi connectivity index (χ3n) is 7.03. The zero-order valence-electron chi connectivity index (χ0n) is 20.6. The molecule has 1 aliphatic carbocycles. The van der Waals surface area contributed by atoms with Crippen LogP contribution in [0.15, 0.2) is 127 Å². The SMILES string of the molecule is C1=CC(c2cccc3c2C(Nc2nc(-c4ccccc4)nc(-c4ccccc4)n2)Nc2ccccc2-3)C=C1. The van der Waals surface area contributed by atoms with Crippen molar-refractivity contribution in [2.45, 2.75) is 12.1 Å². The number of hydrogen-bond donors (Lipinski definition) is 2. The first-order valence-corrected chi connectivity index (χ1v) is 12.8. The van der Waals surface area contributed by atoms with E-state index in [9.17, 15) is 0 Å². The Labute approximate surface area is 221 Å². The Morgan fingerprint density at radius 1 is 0.579 bits per heavy atom. The molecular formula is C33H25N5. The van der Waals surface area contributed by atoms with E-state index in [2.05, 4.69) is 77.4 Å². The smallest absolute Gasteiger partial charge is 0.228 e. The van der Waals surface area contributed by atoms with Crippen LogP contribution >= 0.6 is 0 Å². The molecule has 0 amide bonds. The Morgan fingerprint density at radius 3 is 1.87 bits per heavy atom. The highest BCUT2D eigenvalue weighted by atomic mass is 15.2. The van der Waals surface area contributed by atoms with Crippen molar-refractivity contribution in [2.24, 2.45) is 0 Å². The minimum atomic E-state index is -0.229. The maximum absolute atomic E-state index is 4.88. The molecule has 0 spiro atoms. The van der Waals surface area contributed by atoms with Gasteiger partial charge in [-0.25, -0.2) is 4.98 Å². The number of nitrogens with one attached hydrogen (secondary N) is 2. The summed E-state index contributed by atoms with van der Waals surface area (Å²) in [5.41, 5.74) is 7.83. The molecule has 1 aliphatic heterocycles. The van der Waals surface area contributed by atoms with Crippen molar-refractivity contribution in [3.8, 4) is 33.9 Å². The van der Waals surface area contributed by atoms with Crippen LogP contribution in [-0.2, 0) is 0 Å². The van der Waals surface area contributed by atoms with Gasteiger partial charge in [0.1, 0.15) is 6.17 Å². The molecule has 5 aromatic rings. The second kappa shape index (κ2) is 9.45. The van der Waals surface area contributed by atoms with Crippen molar-refractivity contribution in [3.05, 3.63) is 139 Å². The van der Waals surface area contributed by atoms with Crippen LogP contribution in [0.5, 0.6) is 0 Å². The van der Waals surface area contributed by atoms with E-state index >= 15 is 0 Å². The van der Waals surface area contributed by atoms with Gasteiger partial charge in [0.2, 0.25) is 5.95 Å². The van der Waals surface area contributed by atoms with Crippen molar-refractivity contribution in [1.29, 1.82) is 0 Å². The summed E-state index contributed by atoms with van der Waals surface area (Å²) < 4.78 is 0. The average Bonchev–Trinajstić information content (AvgIpc) is 3.53. The molecule has 0 saturated heterocycles. The van der Waals surface area contributed by atoms with Crippen molar-refractivity contribution >= 4 is 11.6 Å². The second-order valence-corrected chi connectivity index (χ2v) is 9.41. The van der Waals surface area contributed by atoms with E-state index in [0.717, 1.165) is 16.8 Å². The summed E-state index contributed by atoms with van der Waals surface area (Å²) in [4.78, 5) is 14.6. The lowest BCUT2D eigenvalue weighted by atomic mass is 9.85. The van der Waals surface area contributed by atoms with Crippen LogP contribution in [0, 0.1) is 0 Å². The maximum atomic E-state index is 4.88. The number of nitrogens with zero attached hydrogens (tertiary/aromatic N) is 3. The van der Waals surface area contributed by atoms with Crippen molar-refractivity contribution in [1.82, 2.24) is 15.0 Å². The molecule has 38 heavy (non-hydrogen) atoms. The minimum Gasteiger partial charge on any atom is -0.361 e. The summed E-state index contributed by atoms with van der Waals surface area (Å²) >= 11 is 0. The first-order valence-electron chi connectivity index (χ1n) is 12.8. The van der Waals surface area contributed by atoms with E-state index in [1.54, 1.807) is 0 Å². The van der Waals surface area contributed by atoms with Gasteiger partial charge in [-0.1, -0.05) is 121 Å². The van der Waals surface area contributed by atoms with Crippen molar-refractivity contribution in [3.63, 3.8) is 0 Å². The third-order valence-corrected chi connectivity index (χ3v) is 7.03. The van der Waals surface area contributed by atoms with Crippen LogP contribution < -0.4 is 10.6 Å². The van der Waals surface area contributed by atoms with Gasteiger partial charge < -0.3 is 10.6 Å². The standard InChI is InChI=1S/C33H25N5/c1-3-14-23(15-4-1)30-35-31(24-16-5-2-6-17-24)37-33(36-30)38-32-29-25(22-12-7-8-13-22)19-11-20-27(29)26-18-9-10-21-28(26)34-32/h1-22,32,34H,(H,35,36,37,38). The lowest BCUT2D eigenvalue weighted by Crippen LogP contribution is -2.27. The normalized spacial score (nSPS) is 15.5. The monoisotopic (exact) mass is 491 g/mol. The van der Waals surface area contributed by atoms with E-state index in [0.29, 0.717) is 17.6 Å². The predicted octanol–water partition coefficient (Wildman–Crippen LogP) is 7.62. The molecule has 0 saturated carbocycles. The predicted molar refractivity (Wildman–Crippen MR) is 154 cm³/mol. The number of allylic oxidation sites excluding steroid dienone is 4. The molecule has 1 unspecified atom stereocenters. The summed E-state index contributed by atoms with van der Waals surface area (Å²) in [5, 5.41) is 7.36. The number of rotatable bonds is 5. The zero-order valence-corrected chi connectivity index (χ0v) is 20.6. The molecular weight excluding hydrogens is 466 g/mol. The Hall–Kier alpha value is -5.03. The van der Waals surface area contributed by atoms with Gasteiger partial charge in [0, 0.05) is 33.9 Å². The molecule has 2 N–H and O–H groups in total. The maximum Gasteiger partial charge on any atom is 0.228 e. The molecule has 5 nitrogen and oxygen atoms in total. The lowest BCUT2D eigenvalue weighted by Gasteiger charge is -2.33. The molecule has 0 radical (unpaired) electrons. The molecule has 7 rings (SSSR count). The summed E-state index contributed by atoms with van der Waals surface area (Å²) in [6, 6.07) is 35.1. The number of fused-ring (bicyclic) bond motifs is 3. The van der Waals surface area contributed by atoms with Gasteiger partial charge in [-0.3, -0.25) is 0 Å². The molecule has 5 heteroatoms. The number of hydrogen-bond acceptors (Lipinski definition) is 5. The van der Waals surface area contributed by atoms with Gasteiger partial charge in [0.25, 0.3) is 0 Å². The van der Waals surface area contributed by atoms with E-state index in [-0.39, 0.29) is 12.1 Å². The topological polar surface area (TPSA) is 62.7 Å². The Balaban J connectivity index is 1.36. The molecule has 2 aliphatic rings. The van der Waals surface area contributed by atoms with Gasteiger partial charge >= 0.3 is 0 Å². The zero-order chi connectivity index (χ0) is 25.3. The van der Waals surface area contributed by atoms with Gasteiger partial charge in [-0.05, 0) is 17.2 Å². The van der Waals surface area contributed by atoms with E-state index < -0.39 is 0 Å². The highest BCUT2D eigenvalue weighted by Gasteiger charge is 2.29. The largest absolute Gasteiger partial charge is 0.361 e. The quantitative estimate of drug-likeness (QED) is 0.265. The Morgan fingerprint density at radius 2 is 1.18 bits per heavy atom. The van der Waals surface area contributed by atoms with Crippen LogP contribution in [0.2, 0.25) is 0 Å². The van der Waals surface area contributed by atoms with Gasteiger partial charge in [0.15, 0.2) is 11.6 Å². The van der Waals surface area contributed by atoms with E-state index in [1.165, 1.54) is 22.3 Å². The van der Waals surface area contributed by atoms with Gasteiger partial charge in [0.05, 0.1) is 0 Å². The van der Waals surface area contributed by atoms with E-state index in [1.807, 2.05) is 60.7 Å². The fourth-order valence-electron chi connectivity index (χ4n) is 5.25. The molecule has 0 fully saturated rings. The van der Waals surface area contributed by atoms with Crippen LogP contribution in [0.3, 0.4) is 0 Å². The van der Waals surface area contributed by atoms with Crippen LogP contribution in [-0.4, -0.2) is 15.0 Å². The van der Waals surface area contributed by atoms with Crippen molar-refractivity contribution < 1.29 is 0 Å². The fourth-order valence-corrected chi connectivity index (χ4v) is 5.25. The first kappa shape index (κ1) is 22.2. The number of para-hydroxylation sites is 1. The minimum absolute atomic E-state index is 0.222. The van der Waals surface area contributed by atoms with Crippen LogP contribution in [0.1, 0.15) is 23.2 Å². The number of anilines is 2. The molecule has 0 bridgehead atoms. The summed E-state index contributed by atoms with van der Waals surface area (Å²) in [5.74, 6) is 2.01. The highest BCUT2D eigenvalue weighted by molar-refractivity contribution is 5.85. The van der Waals surface area contributed by atoms with E-state index in [4.69, 9.17) is 15.0 Å². The first-order chi connectivity index (χ1) is 18.8. The molecule has 1 aromatic heterocycles. The fraction of sp³-hybridized carbons (Fsp3) is 0.0606. The number of aromatic nitrogens is 3. The third kappa shape index (κ3) is 4.04. The van der Waals surface area contributed by atoms with Crippen LogP contribution in [0.25, 0.3) is 33.9 Å². The molecule has 1 atom stereocenters. The number of benzene rings is 4. The molecule has 2 heterocycles. The Bertz CT molecular complexity index is 1610. The van der Waals surface area contributed by atoms with Gasteiger partial charge in [-0.15, -0.1) is 0 Å². The van der Waals surface area contributed by atoms with Crippen LogP contribution in [0.4, 0.5) is 11.6 Å². The lowest BCUT2D eigenvalue weighted by molar-refractivity contribution is 0.842. The van der Waals surface area contributed by atoms with Gasteiger partial charge in [-0.2, -0.15) is 9.97 Å². The molecule has 182 valence electrons. The highest BCUT2D eigenvalue weighted by Crippen LogP contribution is 2.44. The summed E-state index contributed by atoms with van der Waals surface area (Å²) in [7, 11) is 0. The average molecular weight is 492 g/mol. The summed E-state index contributed by atoms with van der Waals surface area (Å²) in [6.07, 6.45) is 8.46. The molecule has 4 aromatic carbocycles. The second-order valence-electron chi connectivity index (χ2n) is 9.41. The Kier molecular flexibility index (Phi) is 5.52.